The van der Waals surface area contributed by atoms with Crippen LogP contribution in [0.15, 0.2) is 54.6 Å². The summed E-state index contributed by atoms with van der Waals surface area (Å²) in [6.45, 7) is 3.79. The van der Waals surface area contributed by atoms with E-state index >= 15 is 0 Å². The normalized spacial score (nSPS) is 14.3. The van der Waals surface area contributed by atoms with Gasteiger partial charge >= 0.3 is 6.03 Å². The topological polar surface area (TPSA) is 38.8 Å². The minimum absolute atomic E-state index is 0.0166. The molecule has 0 radical (unpaired) electrons. The highest BCUT2D eigenvalue weighted by atomic mass is 16.2. The van der Waals surface area contributed by atoms with Gasteiger partial charge in [0.2, 0.25) is 0 Å². The highest BCUT2D eigenvalue weighted by Crippen LogP contribution is 2.16. The predicted molar refractivity (Wildman–Crippen MR) is 103 cm³/mol. The van der Waals surface area contributed by atoms with Crippen molar-refractivity contribution in [2.75, 3.05) is 50.1 Å². The number of urea groups is 1. The van der Waals surface area contributed by atoms with Gasteiger partial charge < -0.3 is 20.0 Å². The third kappa shape index (κ3) is 4.44. The van der Waals surface area contributed by atoms with Gasteiger partial charge in [-0.25, -0.2) is 4.79 Å². The largest absolute Gasteiger partial charge is 0.378 e. The van der Waals surface area contributed by atoms with E-state index < -0.39 is 0 Å². The Morgan fingerprint density at radius 1 is 1.00 bits per heavy atom. The minimum atomic E-state index is 0.0166. The Balaban J connectivity index is 1.49. The second kappa shape index (κ2) is 7.92. The lowest BCUT2D eigenvalue weighted by Crippen LogP contribution is -2.51. The number of anilines is 2. The lowest BCUT2D eigenvalue weighted by Gasteiger charge is -2.36. The number of para-hydroxylation sites is 1. The lowest BCUT2D eigenvalue weighted by molar-refractivity contribution is 0.194. The number of hydrogen-bond acceptors (Lipinski definition) is 3. The van der Waals surface area contributed by atoms with Gasteiger partial charge in [0, 0.05) is 58.2 Å². The quantitative estimate of drug-likeness (QED) is 0.932. The first-order valence-electron chi connectivity index (χ1n) is 8.72. The number of amides is 2. The van der Waals surface area contributed by atoms with Crippen LogP contribution in [-0.2, 0) is 6.54 Å². The molecule has 1 N–H and O–H groups in total. The van der Waals surface area contributed by atoms with Gasteiger partial charge in [0.05, 0.1) is 0 Å². The number of rotatable bonds is 4. The summed E-state index contributed by atoms with van der Waals surface area (Å²) in [6, 6.07) is 18.6. The standard InChI is InChI=1S/C20H26N4O/c1-22(2)19-10-6-7-17(15-19)16-21-20(25)24-13-11-23(12-14-24)18-8-4-3-5-9-18/h3-10,15H,11-14,16H2,1-2H3,(H,21,25). The molecule has 2 amide bonds. The summed E-state index contributed by atoms with van der Waals surface area (Å²) in [6.07, 6.45) is 0. The maximum atomic E-state index is 12.4. The number of benzene rings is 2. The molecule has 25 heavy (non-hydrogen) atoms. The molecule has 1 aliphatic heterocycles. The maximum absolute atomic E-state index is 12.4. The molecule has 0 spiro atoms. The number of piperazine rings is 1. The lowest BCUT2D eigenvalue weighted by atomic mass is 10.2. The van der Waals surface area contributed by atoms with Crippen molar-refractivity contribution in [3.63, 3.8) is 0 Å². The molecule has 2 aromatic carbocycles. The van der Waals surface area contributed by atoms with Crippen LogP contribution in [0.25, 0.3) is 0 Å². The van der Waals surface area contributed by atoms with Crippen LogP contribution in [0.4, 0.5) is 16.2 Å². The van der Waals surface area contributed by atoms with Crippen LogP contribution in [-0.4, -0.2) is 51.2 Å². The molecule has 0 atom stereocenters. The number of hydrogen-bond donors (Lipinski definition) is 1. The van der Waals surface area contributed by atoms with Crippen LogP contribution in [0, 0.1) is 0 Å². The Kier molecular flexibility index (Phi) is 5.43. The first-order chi connectivity index (χ1) is 12.1. The molecule has 5 nitrogen and oxygen atoms in total. The Morgan fingerprint density at radius 2 is 1.72 bits per heavy atom. The van der Waals surface area contributed by atoms with Crippen LogP contribution in [0.2, 0.25) is 0 Å². The molecule has 1 heterocycles. The fourth-order valence-corrected chi connectivity index (χ4v) is 3.04. The maximum Gasteiger partial charge on any atom is 0.317 e. The molecule has 0 unspecified atom stereocenters. The number of nitrogens with one attached hydrogen (secondary N) is 1. The zero-order chi connectivity index (χ0) is 17.6. The van der Waals surface area contributed by atoms with Crippen LogP contribution < -0.4 is 15.1 Å². The molecular formula is C20H26N4O. The summed E-state index contributed by atoms with van der Waals surface area (Å²) in [5.41, 5.74) is 3.48. The van der Waals surface area contributed by atoms with Crippen molar-refractivity contribution in [1.29, 1.82) is 0 Å². The van der Waals surface area contributed by atoms with Gasteiger partial charge in [-0.1, -0.05) is 30.3 Å². The van der Waals surface area contributed by atoms with Crippen LogP contribution in [0.5, 0.6) is 0 Å². The highest BCUT2D eigenvalue weighted by Gasteiger charge is 2.20. The number of nitrogens with zero attached hydrogens (tertiary/aromatic N) is 3. The van der Waals surface area contributed by atoms with Crippen molar-refractivity contribution in [3.8, 4) is 0 Å². The van der Waals surface area contributed by atoms with Gasteiger partial charge in [0.15, 0.2) is 0 Å². The molecule has 0 bridgehead atoms. The van der Waals surface area contributed by atoms with Crippen LogP contribution >= 0.6 is 0 Å². The molecule has 1 fully saturated rings. The van der Waals surface area contributed by atoms with Crippen molar-refractivity contribution in [3.05, 3.63) is 60.2 Å². The van der Waals surface area contributed by atoms with Crippen molar-refractivity contribution in [2.45, 2.75) is 6.54 Å². The molecule has 0 aromatic heterocycles. The van der Waals surface area contributed by atoms with Crippen LogP contribution in [0.3, 0.4) is 0 Å². The predicted octanol–water partition coefficient (Wildman–Crippen LogP) is 2.78. The minimum Gasteiger partial charge on any atom is -0.378 e. The first-order valence-corrected chi connectivity index (χ1v) is 8.72. The van der Waals surface area contributed by atoms with Crippen molar-refractivity contribution < 1.29 is 4.79 Å². The van der Waals surface area contributed by atoms with E-state index in [1.54, 1.807) is 0 Å². The smallest absolute Gasteiger partial charge is 0.317 e. The number of carbonyl (C=O) groups is 1. The third-order valence-corrected chi connectivity index (χ3v) is 4.56. The van der Waals surface area contributed by atoms with Crippen LogP contribution in [0.1, 0.15) is 5.56 Å². The Hall–Kier alpha value is -2.69. The summed E-state index contributed by atoms with van der Waals surface area (Å²) in [4.78, 5) is 18.7. The molecule has 5 heteroatoms. The second-order valence-corrected chi connectivity index (χ2v) is 6.53. The van der Waals surface area contributed by atoms with E-state index in [4.69, 9.17) is 0 Å². The van der Waals surface area contributed by atoms with Gasteiger partial charge in [-0.2, -0.15) is 0 Å². The SMILES string of the molecule is CN(C)c1cccc(CNC(=O)N2CCN(c3ccccc3)CC2)c1. The summed E-state index contributed by atoms with van der Waals surface area (Å²) in [7, 11) is 4.04. The molecule has 0 aliphatic carbocycles. The average Bonchev–Trinajstić information content (AvgIpc) is 2.67. The van der Waals surface area contributed by atoms with Gasteiger partial charge in [-0.15, -0.1) is 0 Å². The molecule has 2 aromatic rings. The summed E-state index contributed by atoms with van der Waals surface area (Å²) < 4.78 is 0. The molecule has 1 saturated heterocycles. The monoisotopic (exact) mass is 338 g/mol. The van der Waals surface area contributed by atoms with Gasteiger partial charge in [0.1, 0.15) is 0 Å². The fourth-order valence-electron chi connectivity index (χ4n) is 3.04. The molecule has 3 rings (SSSR count). The van der Waals surface area contributed by atoms with E-state index in [9.17, 15) is 4.79 Å². The summed E-state index contributed by atoms with van der Waals surface area (Å²) >= 11 is 0. The fraction of sp³-hybridized carbons (Fsp3) is 0.350. The van der Waals surface area contributed by atoms with E-state index in [2.05, 4.69) is 51.5 Å². The van der Waals surface area contributed by atoms with Crippen molar-refractivity contribution in [2.24, 2.45) is 0 Å². The summed E-state index contributed by atoms with van der Waals surface area (Å²) in [5.74, 6) is 0. The highest BCUT2D eigenvalue weighted by molar-refractivity contribution is 5.74. The second-order valence-electron chi connectivity index (χ2n) is 6.53. The molecular weight excluding hydrogens is 312 g/mol. The van der Waals surface area contributed by atoms with E-state index in [1.807, 2.05) is 37.2 Å². The van der Waals surface area contributed by atoms with Crippen molar-refractivity contribution in [1.82, 2.24) is 10.2 Å². The van der Waals surface area contributed by atoms with E-state index in [-0.39, 0.29) is 6.03 Å². The average molecular weight is 338 g/mol. The van der Waals surface area contributed by atoms with E-state index in [0.717, 1.165) is 37.4 Å². The molecule has 0 saturated carbocycles. The first kappa shape index (κ1) is 17.1. The van der Waals surface area contributed by atoms with E-state index in [1.165, 1.54) is 5.69 Å². The Bertz CT molecular complexity index is 694. The summed E-state index contributed by atoms with van der Waals surface area (Å²) in [5, 5.41) is 3.04. The van der Waals surface area contributed by atoms with E-state index in [0.29, 0.717) is 6.54 Å². The Morgan fingerprint density at radius 3 is 2.40 bits per heavy atom. The third-order valence-electron chi connectivity index (χ3n) is 4.56. The van der Waals surface area contributed by atoms with Crippen molar-refractivity contribution >= 4 is 17.4 Å². The Labute approximate surface area is 149 Å². The zero-order valence-corrected chi connectivity index (χ0v) is 15.0. The van der Waals surface area contributed by atoms with Gasteiger partial charge in [-0.3, -0.25) is 0 Å². The molecule has 132 valence electrons. The number of carbonyl (C=O) groups excluding carboxylic acids is 1. The van der Waals surface area contributed by atoms with Gasteiger partial charge in [0.25, 0.3) is 0 Å². The zero-order valence-electron chi connectivity index (χ0n) is 15.0. The molecule has 1 aliphatic rings. The van der Waals surface area contributed by atoms with Gasteiger partial charge in [-0.05, 0) is 29.8 Å².